The van der Waals surface area contributed by atoms with Crippen LogP contribution in [0.2, 0.25) is 0 Å². The SMILES string of the molecule is C[C@@]1(NC(=O)C2CCC2)CC2(CCN(c3noc(C4CC4)n3)CC2)OC[C@H]1O. The molecule has 154 valence electrons. The second-order valence-corrected chi connectivity index (χ2v) is 9.42. The maximum Gasteiger partial charge on any atom is 0.266 e. The number of rotatable bonds is 4. The molecule has 1 aromatic rings. The van der Waals surface area contributed by atoms with Gasteiger partial charge in [-0.3, -0.25) is 4.79 Å². The molecule has 5 rings (SSSR count). The molecule has 1 amide bonds. The first kappa shape index (κ1) is 18.4. The van der Waals surface area contributed by atoms with E-state index in [1.54, 1.807) is 0 Å². The Hall–Kier alpha value is -1.67. The Morgan fingerprint density at radius 1 is 1.25 bits per heavy atom. The lowest BCUT2D eigenvalue weighted by atomic mass is 9.74. The molecule has 0 unspecified atom stereocenters. The molecule has 2 saturated carbocycles. The molecule has 4 aliphatic rings. The number of aromatic nitrogens is 2. The Balaban J connectivity index is 1.23. The zero-order valence-corrected chi connectivity index (χ0v) is 16.5. The summed E-state index contributed by atoms with van der Waals surface area (Å²) in [5.74, 6) is 2.10. The fourth-order valence-corrected chi connectivity index (χ4v) is 4.75. The molecule has 4 fully saturated rings. The normalized spacial score (nSPS) is 32.9. The van der Waals surface area contributed by atoms with Gasteiger partial charge in [-0.15, -0.1) is 0 Å². The lowest BCUT2D eigenvalue weighted by molar-refractivity contribution is -0.174. The number of amides is 1. The predicted octanol–water partition coefficient (Wildman–Crippen LogP) is 1.74. The number of nitrogens with one attached hydrogen (secondary N) is 1. The van der Waals surface area contributed by atoms with Crippen LogP contribution in [0.5, 0.6) is 0 Å². The maximum atomic E-state index is 12.5. The number of ether oxygens (including phenoxy) is 1. The van der Waals surface area contributed by atoms with E-state index in [2.05, 4.69) is 20.4 Å². The Bertz CT molecular complexity index is 736. The molecule has 0 bridgehead atoms. The van der Waals surface area contributed by atoms with Gasteiger partial charge in [0, 0.05) is 31.3 Å². The van der Waals surface area contributed by atoms with Crippen LogP contribution in [0.15, 0.2) is 4.52 Å². The molecule has 28 heavy (non-hydrogen) atoms. The molecule has 2 atom stereocenters. The van der Waals surface area contributed by atoms with Crippen LogP contribution in [-0.4, -0.2) is 58.1 Å². The van der Waals surface area contributed by atoms with E-state index in [0.717, 1.165) is 63.9 Å². The quantitative estimate of drug-likeness (QED) is 0.808. The molecule has 0 aromatic carbocycles. The standard InChI is InChI=1S/C20H30N4O4/c1-19(22-16(26)13-3-2-4-13)12-20(27-11-15(19)25)7-9-24(10-8-20)18-21-17(28-23-18)14-5-6-14/h13-15,25H,2-12H2,1H3,(H,22,26)/t15-,19-/m1/s1. The highest BCUT2D eigenvalue weighted by molar-refractivity contribution is 5.80. The molecule has 1 aromatic heterocycles. The molecule has 2 saturated heterocycles. The molecule has 1 spiro atoms. The van der Waals surface area contributed by atoms with E-state index >= 15 is 0 Å². The summed E-state index contributed by atoms with van der Waals surface area (Å²) in [6.07, 6.45) is 6.93. The van der Waals surface area contributed by atoms with Crippen molar-refractivity contribution in [3.63, 3.8) is 0 Å². The number of carbonyl (C=O) groups is 1. The Labute approximate surface area is 165 Å². The van der Waals surface area contributed by atoms with Crippen molar-refractivity contribution >= 4 is 11.9 Å². The third-order valence-corrected chi connectivity index (χ3v) is 7.17. The van der Waals surface area contributed by atoms with Gasteiger partial charge in [0.15, 0.2) is 0 Å². The topological polar surface area (TPSA) is 101 Å². The average Bonchev–Trinajstić information content (AvgIpc) is 3.35. The smallest absolute Gasteiger partial charge is 0.266 e. The van der Waals surface area contributed by atoms with Gasteiger partial charge in [-0.25, -0.2) is 0 Å². The van der Waals surface area contributed by atoms with Crippen molar-refractivity contribution in [3.8, 4) is 0 Å². The van der Waals surface area contributed by atoms with Crippen molar-refractivity contribution in [2.24, 2.45) is 5.92 Å². The third-order valence-electron chi connectivity index (χ3n) is 7.17. The van der Waals surface area contributed by atoms with E-state index in [0.29, 0.717) is 18.3 Å². The van der Waals surface area contributed by atoms with Crippen LogP contribution in [0.4, 0.5) is 5.95 Å². The lowest BCUT2D eigenvalue weighted by Crippen LogP contribution is -2.66. The summed E-state index contributed by atoms with van der Waals surface area (Å²) >= 11 is 0. The number of hydrogen-bond donors (Lipinski definition) is 2. The van der Waals surface area contributed by atoms with Crippen LogP contribution in [0.1, 0.15) is 70.1 Å². The number of hydrogen-bond acceptors (Lipinski definition) is 7. The van der Waals surface area contributed by atoms with Gasteiger partial charge in [0.25, 0.3) is 5.95 Å². The minimum atomic E-state index is -0.682. The summed E-state index contributed by atoms with van der Waals surface area (Å²) in [5, 5.41) is 17.9. The zero-order valence-electron chi connectivity index (χ0n) is 16.5. The van der Waals surface area contributed by atoms with Gasteiger partial charge in [0.2, 0.25) is 11.8 Å². The summed E-state index contributed by atoms with van der Waals surface area (Å²) in [6, 6.07) is 0. The van der Waals surface area contributed by atoms with Crippen LogP contribution in [0.3, 0.4) is 0 Å². The van der Waals surface area contributed by atoms with Crippen LogP contribution >= 0.6 is 0 Å². The summed E-state index contributed by atoms with van der Waals surface area (Å²) in [4.78, 5) is 19.2. The first-order valence-corrected chi connectivity index (χ1v) is 10.7. The summed E-state index contributed by atoms with van der Waals surface area (Å²) < 4.78 is 11.5. The van der Waals surface area contributed by atoms with Gasteiger partial charge in [0.1, 0.15) is 6.10 Å². The van der Waals surface area contributed by atoms with Crippen LogP contribution < -0.4 is 10.2 Å². The number of aliphatic hydroxyl groups excluding tert-OH is 1. The van der Waals surface area contributed by atoms with Gasteiger partial charge in [-0.1, -0.05) is 6.42 Å². The fraction of sp³-hybridized carbons (Fsp3) is 0.850. The highest BCUT2D eigenvalue weighted by Crippen LogP contribution is 2.42. The number of nitrogens with zero attached hydrogens (tertiary/aromatic N) is 3. The first-order chi connectivity index (χ1) is 13.5. The van der Waals surface area contributed by atoms with Crippen molar-refractivity contribution in [1.29, 1.82) is 0 Å². The highest BCUT2D eigenvalue weighted by Gasteiger charge is 2.51. The Morgan fingerprint density at radius 2 is 2.00 bits per heavy atom. The zero-order chi connectivity index (χ0) is 19.4. The molecule has 8 heteroatoms. The third kappa shape index (κ3) is 3.30. The molecule has 2 aliphatic heterocycles. The second kappa shape index (κ2) is 6.69. The van der Waals surface area contributed by atoms with Crippen molar-refractivity contribution in [2.45, 2.75) is 81.5 Å². The number of piperidine rings is 1. The molecular formula is C20H30N4O4. The van der Waals surface area contributed by atoms with Crippen LogP contribution in [0, 0.1) is 5.92 Å². The van der Waals surface area contributed by atoms with E-state index in [-0.39, 0.29) is 24.0 Å². The van der Waals surface area contributed by atoms with Crippen molar-refractivity contribution < 1.29 is 19.2 Å². The van der Waals surface area contributed by atoms with Crippen molar-refractivity contribution in [2.75, 3.05) is 24.6 Å². The molecule has 3 heterocycles. The lowest BCUT2D eigenvalue weighted by Gasteiger charge is -2.52. The van der Waals surface area contributed by atoms with Gasteiger partial charge in [-0.05, 0) is 50.6 Å². The van der Waals surface area contributed by atoms with Crippen LogP contribution in [-0.2, 0) is 9.53 Å². The summed E-state index contributed by atoms with van der Waals surface area (Å²) in [6.45, 7) is 3.79. The Kier molecular flexibility index (Phi) is 4.39. The summed E-state index contributed by atoms with van der Waals surface area (Å²) in [5.41, 5.74) is -0.960. The van der Waals surface area contributed by atoms with Gasteiger partial charge >= 0.3 is 0 Å². The predicted molar refractivity (Wildman–Crippen MR) is 101 cm³/mol. The minimum absolute atomic E-state index is 0.0849. The van der Waals surface area contributed by atoms with E-state index in [9.17, 15) is 9.90 Å². The monoisotopic (exact) mass is 390 g/mol. The molecular weight excluding hydrogens is 360 g/mol. The maximum absolute atomic E-state index is 12.5. The first-order valence-electron chi connectivity index (χ1n) is 10.7. The van der Waals surface area contributed by atoms with E-state index < -0.39 is 11.6 Å². The summed E-state index contributed by atoms with van der Waals surface area (Å²) in [7, 11) is 0. The van der Waals surface area contributed by atoms with E-state index in [4.69, 9.17) is 9.26 Å². The van der Waals surface area contributed by atoms with E-state index in [1.165, 1.54) is 0 Å². The van der Waals surface area contributed by atoms with Crippen molar-refractivity contribution in [1.82, 2.24) is 15.5 Å². The average molecular weight is 390 g/mol. The number of aliphatic hydroxyl groups is 1. The Morgan fingerprint density at radius 3 is 2.64 bits per heavy atom. The largest absolute Gasteiger partial charge is 0.388 e. The molecule has 0 radical (unpaired) electrons. The van der Waals surface area contributed by atoms with Gasteiger partial charge in [-0.2, -0.15) is 4.98 Å². The molecule has 2 aliphatic carbocycles. The fourth-order valence-electron chi connectivity index (χ4n) is 4.75. The number of carbonyl (C=O) groups excluding carboxylic acids is 1. The van der Waals surface area contributed by atoms with Gasteiger partial charge in [0.05, 0.1) is 17.7 Å². The second-order valence-electron chi connectivity index (χ2n) is 9.42. The van der Waals surface area contributed by atoms with Crippen molar-refractivity contribution in [3.05, 3.63) is 5.89 Å². The van der Waals surface area contributed by atoms with Gasteiger partial charge < -0.3 is 24.6 Å². The van der Waals surface area contributed by atoms with Crippen LogP contribution in [0.25, 0.3) is 0 Å². The minimum Gasteiger partial charge on any atom is -0.388 e. The number of anilines is 1. The molecule has 2 N–H and O–H groups in total. The highest BCUT2D eigenvalue weighted by atomic mass is 16.5. The molecule has 8 nitrogen and oxygen atoms in total. The van der Waals surface area contributed by atoms with E-state index in [1.807, 2.05) is 6.92 Å².